The van der Waals surface area contributed by atoms with E-state index in [1.54, 1.807) is 0 Å². The van der Waals surface area contributed by atoms with Crippen LogP contribution in [0.25, 0.3) is 0 Å². The van der Waals surface area contributed by atoms with Crippen LogP contribution in [0.3, 0.4) is 0 Å². The van der Waals surface area contributed by atoms with Gasteiger partial charge in [-0.25, -0.2) is 0 Å². The van der Waals surface area contributed by atoms with Crippen molar-refractivity contribution in [3.05, 3.63) is 0 Å². The fraction of sp³-hybridized carbons (Fsp3) is 0.500. The molecule has 1 radical (unpaired) electrons. The third-order valence-corrected chi connectivity index (χ3v) is 0.105. The van der Waals surface area contributed by atoms with E-state index in [1.807, 2.05) is 0 Å². The van der Waals surface area contributed by atoms with Gasteiger partial charge in [-0.05, 0) is 0 Å². The van der Waals surface area contributed by atoms with Crippen molar-refractivity contribution in [2.75, 3.05) is 0 Å². The molecule has 0 aromatic heterocycles. The molecule has 0 atom stereocenters. The molecular formula is C2H4NaO3. The van der Waals surface area contributed by atoms with Crippen molar-refractivity contribution in [2.45, 2.75) is 6.29 Å². The third-order valence-electron chi connectivity index (χ3n) is 0.105. The number of hydrogen-bond donors (Lipinski definition) is 2. The van der Waals surface area contributed by atoms with E-state index in [0.29, 0.717) is 0 Å². The minimum atomic E-state index is -1.92. The van der Waals surface area contributed by atoms with Gasteiger partial charge in [-0.1, -0.05) is 0 Å². The van der Waals surface area contributed by atoms with Crippen LogP contribution in [0.4, 0.5) is 0 Å². The van der Waals surface area contributed by atoms with Crippen LogP contribution in [0.15, 0.2) is 0 Å². The van der Waals surface area contributed by atoms with Crippen LogP contribution in [0.2, 0.25) is 0 Å². The quantitative estimate of drug-likeness (QED) is 0.288. The number of aliphatic hydroxyl groups is 2. The topological polar surface area (TPSA) is 57.5 Å². The number of hydrogen-bond acceptors (Lipinski definition) is 3. The van der Waals surface area contributed by atoms with Crippen molar-refractivity contribution in [3.63, 3.8) is 0 Å². The van der Waals surface area contributed by atoms with Crippen molar-refractivity contribution >= 4 is 35.8 Å². The minimum absolute atomic E-state index is 0. The first kappa shape index (κ1) is 9.77. The molecule has 0 aromatic carbocycles. The van der Waals surface area contributed by atoms with Crippen molar-refractivity contribution in [3.8, 4) is 0 Å². The molecule has 31 valence electrons. The summed E-state index contributed by atoms with van der Waals surface area (Å²) in [5, 5.41) is 15.0. The van der Waals surface area contributed by atoms with Crippen LogP contribution < -0.4 is 0 Å². The van der Waals surface area contributed by atoms with Gasteiger partial charge >= 0.3 is 29.6 Å². The molecule has 0 heterocycles. The van der Waals surface area contributed by atoms with Gasteiger partial charge in [0.1, 0.15) is 0 Å². The molecule has 0 aliphatic heterocycles. The van der Waals surface area contributed by atoms with Crippen molar-refractivity contribution < 1.29 is 15.0 Å². The number of rotatable bonds is 1. The maximum absolute atomic E-state index is 8.88. The second-order valence-electron chi connectivity index (χ2n) is 0.492. The summed E-state index contributed by atoms with van der Waals surface area (Å²) in [5.74, 6) is 0. The molecule has 0 saturated heterocycles. The average molecular weight is 99.0 g/mol. The Kier molecular flexibility index (Phi) is 9.11. The van der Waals surface area contributed by atoms with E-state index in [2.05, 4.69) is 0 Å². The summed E-state index contributed by atoms with van der Waals surface area (Å²) in [6.07, 6.45) is -1.03. The molecule has 2 N–H and O–H groups in total. The van der Waals surface area contributed by atoms with Crippen LogP contribution in [-0.2, 0) is 4.79 Å². The van der Waals surface area contributed by atoms with Crippen LogP contribution in [-0.4, -0.2) is 52.3 Å². The van der Waals surface area contributed by atoms with Gasteiger partial charge < -0.3 is 10.2 Å². The first-order valence-corrected chi connectivity index (χ1v) is 1.01. The van der Waals surface area contributed by atoms with Crippen LogP contribution in [0.5, 0.6) is 0 Å². The molecule has 0 rings (SSSR count). The monoisotopic (exact) mass is 99.0 g/mol. The fourth-order valence-electron chi connectivity index (χ4n) is 0. The van der Waals surface area contributed by atoms with Gasteiger partial charge in [-0.3, -0.25) is 4.79 Å². The Morgan fingerprint density at radius 3 is 1.67 bits per heavy atom. The van der Waals surface area contributed by atoms with Gasteiger partial charge in [0.05, 0.1) is 0 Å². The Morgan fingerprint density at radius 2 is 1.67 bits per heavy atom. The SMILES string of the molecule is O=[C]C(O)O.[NaH]. The molecule has 0 amide bonds. The summed E-state index contributed by atoms with van der Waals surface area (Å²) < 4.78 is 0. The summed E-state index contributed by atoms with van der Waals surface area (Å²) in [4.78, 5) is 8.88. The van der Waals surface area contributed by atoms with Crippen LogP contribution in [0, 0.1) is 0 Å². The molecule has 0 unspecified atom stereocenters. The molecule has 3 nitrogen and oxygen atoms in total. The molecule has 6 heavy (non-hydrogen) atoms. The van der Waals surface area contributed by atoms with E-state index >= 15 is 0 Å². The molecular weight excluding hydrogens is 95.0 g/mol. The fourth-order valence-corrected chi connectivity index (χ4v) is 0. The van der Waals surface area contributed by atoms with Crippen LogP contribution >= 0.6 is 0 Å². The Morgan fingerprint density at radius 1 is 1.50 bits per heavy atom. The summed E-state index contributed by atoms with van der Waals surface area (Å²) >= 11 is 0. The van der Waals surface area contributed by atoms with Crippen molar-refractivity contribution in [1.82, 2.24) is 0 Å². The summed E-state index contributed by atoms with van der Waals surface area (Å²) in [6.45, 7) is 0. The molecule has 0 aromatic rings. The van der Waals surface area contributed by atoms with E-state index in [4.69, 9.17) is 15.0 Å². The normalized spacial score (nSPS) is 7.17. The predicted octanol–water partition coefficient (Wildman–Crippen LogP) is -2.24. The van der Waals surface area contributed by atoms with Crippen LogP contribution in [0.1, 0.15) is 0 Å². The molecule has 0 saturated carbocycles. The van der Waals surface area contributed by atoms with E-state index in [0.717, 1.165) is 6.29 Å². The van der Waals surface area contributed by atoms with E-state index in [-0.39, 0.29) is 29.6 Å². The van der Waals surface area contributed by atoms with Gasteiger partial charge in [-0.15, -0.1) is 0 Å². The van der Waals surface area contributed by atoms with Crippen molar-refractivity contribution in [2.24, 2.45) is 0 Å². The molecule has 0 spiro atoms. The zero-order chi connectivity index (χ0) is 4.28. The summed E-state index contributed by atoms with van der Waals surface area (Å²) in [5.41, 5.74) is 0. The number of aliphatic hydroxyl groups excluding tert-OH is 1. The van der Waals surface area contributed by atoms with Gasteiger partial charge in [0.15, 0.2) is 0 Å². The maximum atomic E-state index is 8.88. The summed E-state index contributed by atoms with van der Waals surface area (Å²) in [6, 6.07) is 0. The Labute approximate surface area is 57.3 Å². The average Bonchev–Trinajstić information content (AvgIpc) is 1.38. The van der Waals surface area contributed by atoms with Crippen molar-refractivity contribution in [1.29, 1.82) is 0 Å². The molecule has 0 aliphatic carbocycles. The van der Waals surface area contributed by atoms with E-state index in [9.17, 15) is 0 Å². The number of carbonyl (C=O) groups excluding carboxylic acids is 1. The Bertz CT molecular complexity index is 35.8. The predicted molar refractivity (Wildman–Crippen MR) is 21.1 cm³/mol. The first-order valence-electron chi connectivity index (χ1n) is 1.01. The first-order chi connectivity index (χ1) is 2.27. The molecule has 0 bridgehead atoms. The van der Waals surface area contributed by atoms with E-state index in [1.165, 1.54) is 0 Å². The summed E-state index contributed by atoms with van der Waals surface area (Å²) in [7, 11) is 0. The zero-order valence-electron chi connectivity index (χ0n) is 2.38. The van der Waals surface area contributed by atoms with E-state index < -0.39 is 6.29 Å². The van der Waals surface area contributed by atoms with Gasteiger partial charge in [0.25, 0.3) is 6.29 Å². The standard InChI is InChI=1S/C2H3O3.Na.H/c3-1-2(4)5;;/h2,4-5H;;. The second kappa shape index (κ2) is 5.59. The van der Waals surface area contributed by atoms with Gasteiger partial charge in [0, 0.05) is 0 Å². The zero-order valence-corrected chi connectivity index (χ0v) is 2.38. The Balaban J connectivity index is 0. The van der Waals surface area contributed by atoms with Gasteiger partial charge in [-0.2, -0.15) is 0 Å². The second-order valence-corrected chi connectivity index (χ2v) is 0.492. The molecule has 0 fully saturated rings. The third kappa shape index (κ3) is 8.82. The van der Waals surface area contributed by atoms with Gasteiger partial charge in [0.2, 0.25) is 6.29 Å². The Hall–Kier alpha value is 0.590. The molecule has 4 heteroatoms. The molecule has 0 aliphatic rings.